The van der Waals surface area contributed by atoms with Gasteiger partial charge in [0.05, 0.1) is 6.42 Å². The van der Waals surface area contributed by atoms with Gasteiger partial charge in [-0.2, -0.15) is 5.10 Å². The highest BCUT2D eigenvalue weighted by atomic mass is 16.5. The van der Waals surface area contributed by atoms with Gasteiger partial charge < -0.3 is 14.7 Å². The van der Waals surface area contributed by atoms with Gasteiger partial charge in [0.1, 0.15) is 12.2 Å². The predicted octanol–water partition coefficient (Wildman–Crippen LogP) is 3.86. The summed E-state index contributed by atoms with van der Waals surface area (Å²) < 4.78 is 7.02. The average Bonchev–Trinajstić information content (AvgIpc) is 3.53. The maximum atomic E-state index is 13.2. The number of carbonyl (C=O) groups is 3. The van der Waals surface area contributed by atoms with Crippen molar-refractivity contribution in [3.63, 3.8) is 0 Å². The van der Waals surface area contributed by atoms with Gasteiger partial charge in [-0.25, -0.2) is 4.79 Å². The molecule has 2 N–H and O–H groups in total. The molecule has 9 nitrogen and oxygen atoms in total. The van der Waals surface area contributed by atoms with Crippen molar-refractivity contribution in [3.05, 3.63) is 71.4 Å². The summed E-state index contributed by atoms with van der Waals surface area (Å²) >= 11 is 0. The number of carboxylic acids is 1. The standard InChI is InChI=1S/C26H26N4O5/c1-29-14-21(25(33)30-12-6-7-16(30)13-23(31)32)24(28-29)27-26(34)35-15-22-19-10-4-2-8-17(19)18-9-3-5-11-20(18)22/h2-5,8-11,14,16,22H,6-7,12-13,15H2,1H3,(H,31,32)(H,27,28,34)/t16-/m1/s1. The van der Waals surface area contributed by atoms with Crippen LogP contribution < -0.4 is 5.32 Å². The SMILES string of the molecule is Cn1cc(C(=O)N2CCC[C@@H]2CC(=O)O)c(NC(=O)OCC2c3ccccc3-c3ccccc32)n1. The number of aliphatic carboxylic acids is 1. The quantitative estimate of drug-likeness (QED) is 0.561. The van der Waals surface area contributed by atoms with Gasteiger partial charge in [-0.05, 0) is 35.1 Å². The van der Waals surface area contributed by atoms with Crippen LogP contribution in [0.3, 0.4) is 0 Å². The van der Waals surface area contributed by atoms with Gasteiger partial charge in [-0.15, -0.1) is 0 Å². The second kappa shape index (κ2) is 9.25. The lowest BCUT2D eigenvalue weighted by atomic mass is 9.98. The molecule has 2 amide bonds. The third-order valence-corrected chi connectivity index (χ3v) is 6.67. The fourth-order valence-corrected chi connectivity index (χ4v) is 5.14. The van der Waals surface area contributed by atoms with E-state index in [0.29, 0.717) is 13.0 Å². The molecule has 5 rings (SSSR count). The normalized spacial score (nSPS) is 16.6. The summed E-state index contributed by atoms with van der Waals surface area (Å²) in [6.45, 7) is 0.610. The molecule has 0 saturated carbocycles. The molecule has 2 heterocycles. The molecule has 35 heavy (non-hydrogen) atoms. The number of aryl methyl sites for hydroxylation is 1. The number of carboxylic acid groups (broad SMARTS) is 1. The Bertz CT molecular complexity index is 1250. The molecule has 0 spiro atoms. The maximum absolute atomic E-state index is 13.2. The van der Waals surface area contributed by atoms with Crippen molar-refractivity contribution < 1.29 is 24.2 Å². The Kier molecular flexibility index (Phi) is 5.98. The summed E-state index contributed by atoms with van der Waals surface area (Å²) in [5.41, 5.74) is 4.69. The van der Waals surface area contributed by atoms with Crippen LogP contribution in [0.25, 0.3) is 11.1 Å². The summed E-state index contributed by atoms with van der Waals surface area (Å²) in [4.78, 5) is 38.6. The Morgan fingerprint density at radius 1 is 1.09 bits per heavy atom. The molecule has 9 heteroatoms. The number of fused-ring (bicyclic) bond motifs is 3. The number of anilines is 1. The number of benzene rings is 2. The van der Waals surface area contributed by atoms with Gasteiger partial charge in [0.2, 0.25) is 0 Å². The summed E-state index contributed by atoms with van der Waals surface area (Å²) in [6, 6.07) is 15.8. The van der Waals surface area contributed by atoms with Crippen LogP contribution in [0.2, 0.25) is 0 Å². The summed E-state index contributed by atoms with van der Waals surface area (Å²) in [5, 5.41) is 16.0. The molecule has 0 bridgehead atoms. The molecule has 1 aliphatic heterocycles. The lowest BCUT2D eigenvalue weighted by Gasteiger charge is -2.23. The van der Waals surface area contributed by atoms with E-state index < -0.39 is 12.1 Å². The Morgan fingerprint density at radius 3 is 2.40 bits per heavy atom. The Labute approximate surface area is 202 Å². The number of ether oxygens (including phenoxy) is 1. The lowest BCUT2D eigenvalue weighted by molar-refractivity contribution is -0.137. The van der Waals surface area contributed by atoms with Crippen molar-refractivity contribution in [3.8, 4) is 11.1 Å². The minimum atomic E-state index is -0.946. The summed E-state index contributed by atoms with van der Waals surface area (Å²) in [7, 11) is 1.65. The van der Waals surface area contributed by atoms with Crippen molar-refractivity contribution in [1.29, 1.82) is 0 Å². The molecule has 1 fully saturated rings. The Hall–Kier alpha value is -4.14. The van der Waals surface area contributed by atoms with Crippen molar-refractivity contribution in [2.24, 2.45) is 7.05 Å². The molecule has 0 radical (unpaired) electrons. The van der Waals surface area contributed by atoms with E-state index in [1.165, 1.54) is 10.9 Å². The minimum Gasteiger partial charge on any atom is -0.481 e. The molecule has 3 aromatic rings. The molecule has 1 atom stereocenters. The van der Waals surface area contributed by atoms with Gasteiger partial charge in [-0.3, -0.25) is 19.6 Å². The van der Waals surface area contributed by atoms with Gasteiger partial charge in [0, 0.05) is 31.7 Å². The van der Waals surface area contributed by atoms with Crippen LogP contribution >= 0.6 is 0 Å². The fraction of sp³-hybridized carbons (Fsp3) is 0.308. The second-order valence-electron chi connectivity index (χ2n) is 8.91. The third kappa shape index (κ3) is 4.37. The average molecular weight is 475 g/mol. The topological polar surface area (TPSA) is 114 Å². The van der Waals surface area contributed by atoms with Crippen LogP contribution in [-0.4, -0.2) is 57.0 Å². The van der Waals surface area contributed by atoms with E-state index in [4.69, 9.17) is 9.84 Å². The van der Waals surface area contributed by atoms with Crippen LogP contribution in [0.1, 0.15) is 46.7 Å². The number of hydrogen-bond acceptors (Lipinski definition) is 5. The van der Waals surface area contributed by atoms with Crippen molar-refractivity contribution in [2.45, 2.75) is 31.2 Å². The van der Waals surface area contributed by atoms with E-state index in [-0.39, 0.29) is 42.3 Å². The Morgan fingerprint density at radius 2 is 1.74 bits per heavy atom. The number of amides is 2. The van der Waals surface area contributed by atoms with Crippen molar-refractivity contribution in [2.75, 3.05) is 18.5 Å². The van der Waals surface area contributed by atoms with E-state index in [0.717, 1.165) is 28.7 Å². The highest BCUT2D eigenvalue weighted by Gasteiger charge is 2.34. The van der Waals surface area contributed by atoms with Crippen LogP contribution in [0.15, 0.2) is 54.7 Å². The largest absolute Gasteiger partial charge is 0.481 e. The molecular weight excluding hydrogens is 448 g/mol. The zero-order valence-electron chi connectivity index (χ0n) is 19.3. The molecule has 1 aromatic heterocycles. The zero-order valence-corrected chi connectivity index (χ0v) is 19.3. The van der Waals surface area contributed by atoms with E-state index in [2.05, 4.69) is 22.5 Å². The number of carbonyl (C=O) groups excluding carboxylic acids is 2. The first kappa shape index (κ1) is 22.6. The van der Waals surface area contributed by atoms with Crippen LogP contribution in [0.4, 0.5) is 10.6 Å². The van der Waals surface area contributed by atoms with Gasteiger partial charge in [-0.1, -0.05) is 48.5 Å². The van der Waals surface area contributed by atoms with Gasteiger partial charge >= 0.3 is 12.1 Å². The molecule has 1 aliphatic carbocycles. The number of aromatic nitrogens is 2. The van der Waals surface area contributed by atoms with Crippen molar-refractivity contribution in [1.82, 2.24) is 14.7 Å². The first-order valence-electron chi connectivity index (χ1n) is 11.6. The first-order chi connectivity index (χ1) is 16.9. The smallest absolute Gasteiger partial charge is 0.412 e. The molecule has 2 aliphatic rings. The Balaban J connectivity index is 1.29. The summed E-state index contributed by atoms with van der Waals surface area (Å²) in [5.74, 6) is -1.29. The number of rotatable bonds is 6. The van der Waals surface area contributed by atoms with Crippen LogP contribution in [0, 0.1) is 0 Å². The fourth-order valence-electron chi connectivity index (χ4n) is 5.14. The van der Waals surface area contributed by atoms with Crippen LogP contribution in [-0.2, 0) is 16.6 Å². The molecule has 180 valence electrons. The van der Waals surface area contributed by atoms with E-state index in [1.54, 1.807) is 11.9 Å². The minimum absolute atomic E-state index is 0.0839. The van der Waals surface area contributed by atoms with Crippen LogP contribution in [0.5, 0.6) is 0 Å². The monoisotopic (exact) mass is 474 g/mol. The summed E-state index contributed by atoms with van der Waals surface area (Å²) in [6.07, 6.45) is 2.08. The third-order valence-electron chi connectivity index (χ3n) is 6.67. The number of likely N-dealkylation sites (tertiary alicyclic amines) is 1. The molecule has 1 saturated heterocycles. The van der Waals surface area contributed by atoms with E-state index in [9.17, 15) is 14.4 Å². The van der Waals surface area contributed by atoms with Gasteiger partial charge in [0.15, 0.2) is 5.82 Å². The molecule has 2 aromatic carbocycles. The number of hydrogen-bond donors (Lipinski definition) is 2. The first-order valence-corrected chi connectivity index (χ1v) is 11.6. The number of nitrogens with zero attached hydrogens (tertiary/aromatic N) is 3. The number of nitrogens with one attached hydrogen (secondary N) is 1. The second-order valence-corrected chi connectivity index (χ2v) is 8.91. The maximum Gasteiger partial charge on any atom is 0.412 e. The predicted molar refractivity (Wildman–Crippen MR) is 128 cm³/mol. The van der Waals surface area contributed by atoms with Gasteiger partial charge in [0.25, 0.3) is 5.91 Å². The highest BCUT2D eigenvalue weighted by molar-refractivity contribution is 6.02. The highest BCUT2D eigenvalue weighted by Crippen LogP contribution is 2.44. The lowest BCUT2D eigenvalue weighted by Crippen LogP contribution is -2.37. The molecular formula is C26H26N4O5. The van der Waals surface area contributed by atoms with Crippen molar-refractivity contribution >= 4 is 23.8 Å². The zero-order chi connectivity index (χ0) is 24.5. The molecule has 0 unspecified atom stereocenters. The van der Waals surface area contributed by atoms with E-state index >= 15 is 0 Å². The van der Waals surface area contributed by atoms with E-state index in [1.807, 2.05) is 36.4 Å².